The molecule has 88 valence electrons. The minimum Gasteiger partial charge on any atom is -0.394 e. The molecule has 0 rings (SSSR count). The quantitative estimate of drug-likeness (QED) is 0.527. The lowest BCUT2D eigenvalue weighted by Crippen LogP contribution is -2.34. The molecule has 0 spiro atoms. The molecule has 0 saturated carbocycles. The predicted octanol–water partition coefficient (Wildman–Crippen LogP) is 0.353. The number of aliphatic hydroxyl groups excluding tert-OH is 2. The summed E-state index contributed by atoms with van der Waals surface area (Å²) in [7, 11) is 0. The Morgan fingerprint density at radius 2 is 2.13 bits per heavy atom. The zero-order chi connectivity index (χ0) is 11.7. The smallest absolute Gasteiger partial charge is 0.0962 e. The summed E-state index contributed by atoms with van der Waals surface area (Å²) >= 11 is 1.56. The molecule has 3 N–H and O–H groups in total. The van der Waals surface area contributed by atoms with E-state index in [0.29, 0.717) is 11.8 Å². The fraction of sp³-hybridized carbons (Fsp3) is 0.900. The Morgan fingerprint density at radius 1 is 1.47 bits per heavy atom. The lowest BCUT2D eigenvalue weighted by molar-refractivity contribution is 0.113. The molecule has 0 fully saturated rings. The fourth-order valence-corrected chi connectivity index (χ4v) is 2.01. The van der Waals surface area contributed by atoms with Crippen LogP contribution in [0.3, 0.4) is 0 Å². The Bertz CT molecular complexity index is 194. The molecule has 2 unspecified atom stereocenters. The zero-order valence-electron chi connectivity index (χ0n) is 9.31. The summed E-state index contributed by atoms with van der Waals surface area (Å²) in [5, 5.41) is 29.6. The predicted molar refractivity (Wildman–Crippen MR) is 62.7 cm³/mol. The molecular weight excluding hydrogens is 212 g/mol. The molecule has 0 amide bonds. The van der Waals surface area contributed by atoms with Crippen molar-refractivity contribution in [1.29, 1.82) is 5.26 Å². The molecule has 0 bridgehead atoms. The molecule has 0 saturated heterocycles. The van der Waals surface area contributed by atoms with Gasteiger partial charge in [0.1, 0.15) is 0 Å². The number of aliphatic hydroxyl groups is 2. The van der Waals surface area contributed by atoms with Crippen molar-refractivity contribution in [2.24, 2.45) is 0 Å². The van der Waals surface area contributed by atoms with Crippen LogP contribution in [0.2, 0.25) is 0 Å². The van der Waals surface area contributed by atoms with E-state index in [1.165, 1.54) is 0 Å². The first-order valence-corrected chi connectivity index (χ1v) is 6.28. The molecule has 5 heteroatoms. The first-order chi connectivity index (χ1) is 7.10. The van der Waals surface area contributed by atoms with E-state index in [1.807, 2.05) is 13.8 Å². The average molecular weight is 232 g/mol. The maximum Gasteiger partial charge on any atom is 0.0962 e. The van der Waals surface area contributed by atoms with Crippen molar-refractivity contribution in [2.75, 3.05) is 18.1 Å². The van der Waals surface area contributed by atoms with Crippen LogP contribution in [0.15, 0.2) is 0 Å². The lowest BCUT2D eigenvalue weighted by Gasteiger charge is -2.14. The second-order valence-electron chi connectivity index (χ2n) is 3.70. The van der Waals surface area contributed by atoms with E-state index in [1.54, 1.807) is 11.8 Å². The number of nitrogens with one attached hydrogen (secondary N) is 1. The maximum absolute atomic E-state index is 9.07. The van der Waals surface area contributed by atoms with Gasteiger partial charge in [0.2, 0.25) is 0 Å². The van der Waals surface area contributed by atoms with E-state index < -0.39 is 6.10 Å². The van der Waals surface area contributed by atoms with Crippen molar-refractivity contribution in [3.05, 3.63) is 0 Å². The van der Waals surface area contributed by atoms with Crippen molar-refractivity contribution in [2.45, 2.75) is 38.5 Å². The normalized spacial score (nSPS) is 14.9. The van der Waals surface area contributed by atoms with Gasteiger partial charge in [0.25, 0.3) is 0 Å². The molecule has 0 aromatic rings. The van der Waals surface area contributed by atoms with Crippen LogP contribution in [0, 0.1) is 11.3 Å². The largest absolute Gasteiger partial charge is 0.394 e. The summed E-state index contributed by atoms with van der Waals surface area (Å²) in [4.78, 5) is 0. The Morgan fingerprint density at radius 3 is 2.60 bits per heavy atom. The number of nitriles is 1. The summed E-state index contributed by atoms with van der Waals surface area (Å²) in [6.07, 6.45) is 0.117. The molecular formula is C10H20N2O2S. The van der Waals surface area contributed by atoms with Crippen LogP contribution in [0.5, 0.6) is 0 Å². The monoisotopic (exact) mass is 232 g/mol. The van der Waals surface area contributed by atoms with Crippen molar-refractivity contribution in [1.82, 2.24) is 5.32 Å². The van der Waals surface area contributed by atoms with Crippen molar-refractivity contribution < 1.29 is 10.2 Å². The highest BCUT2D eigenvalue weighted by molar-refractivity contribution is 7.99. The Hall–Kier alpha value is -0.280. The van der Waals surface area contributed by atoms with Gasteiger partial charge in [-0.2, -0.15) is 17.0 Å². The third kappa shape index (κ3) is 8.70. The second kappa shape index (κ2) is 8.98. The molecule has 2 atom stereocenters. The summed E-state index contributed by atoms with van der Waals surface area (Å²) in [6, 6.07) is 2.39. The van der Waals surface area contributed by atoms with Crippen molar-refractivity contribution >= 4 is 11.8 Å². The summed E-state index contributed by atoms with van der Waals surface area (Å²) < 4.78 is 0. The minimum atomic E-state index is -0.645. The maximum atomic E-state index is 9.07. The first-order valence-electron chi connectivity index (χ1n) is 5.12. The van der Waals surface area contributed by atoms with E-state index in [4.69, 9.17) is 15.5 Å². The highest BCUT2D eigenvalue weighted by atomic mass is 32.2. The first kappa shape index (κ1) is 14.7. The zero-order valence-corrected chi connectivity index (χ0v) is 10.1. The molecule has 15 heavy (non-hydrogen) atoms. The number of rotatable bonds is 8. The molecule has 0 aromatic heterocycles. The van der Waals surface area contributed by atoms with Gasteiger partial charge < -0.3 is 10.2 Å². The second-order valence-corrected chi connectivity index (χ2v) is 4.85. The Kier molecular flexibility index (Phi) is 8.82. The van der Waals surface area contributed by atoms with Crippen molar-refractivity contribution in [3.63, 3.8) is 0 Å². The van der Waals surface area contributed by atoms with Gasteiger partial charge in [-0.3, -0.25) is 5.32 Å². The number of nitrogens with zero attached hydrogens (tertiary/aromatic N) is 1. The number of thioether (sulfide) groups is 1. The summed E-state index contributed by atoms with van der Waals surface area (Å²) in [6.45, 7) is 3.82. The average Bonchev–Trinajstić information content (AvgIpc) is 2.21. The van der Waals surface area contributed by atoms with Crippen LogP contribution in [-0.2, 0) is 0 Å². The SMILES string of the molecule is CC(C)NC(C#N)CCSCC(O)CO. The van der Waals surface area contributed by atoms with E-state index in [2.05, 4.69) is 11.4 Å². The molecule has 0 aliphatic heterocycles. The molecule has 0 radical (unpaired) electrons. The topological polar surface area (TPSA) is 76.3 Å². The van der Waals surface area contributed by atoms with Gasteiger partial charge >= 0.3 is 0 Å². The highest BCUT2D eigenvalue weighted by Gasteiger charge is 2.08. The molecule has 0 aliphatic rings. The Labute approximate surface area is 95.7 Å². The number of hydrogen-bond donors (Lipinski definition) is 3. The van der Waals surface area contributed by atoms with Crippen LogP contribution < -0.4 is 5.32 Å². The van der Waals surface area contributed by atoms with Crippen molar-refractivity contribution in [3.8, 4) is 6.07 Å². The molecule has 0 aromatic carbocycles. The molecule has 0 heterocycles. The van der Waals surface area contributed by atoms with Crippen LogP contribution in [0.25, 0.3) is 0 Å². The van der Waals surface area contributed by atoms with Gasteiger partial charge in [0.15, 0.2) is 0 Å². The Balaban J connectivity index is 3.52. The summed E-state index contributed by atoms with van der Waals surface area (Å²) in [5.74, 6) is 1.34. The van der Waals surface area contributed by atoms with E-state index in [0.717, 1.165) is 12.2 Å². The summed E-state index contributed by atoms with van der Waals surface area (Å²) in [5.41, 5.74) is 0. The number of hydrogen-bond acceptors (Lipinski definition) is 5. The molecule has 4 nitrogen and oxygen atoms in total. The third-order valence-electron chi connectivity index (χ3n) is 1.76. The minimum absolute atomic E-state index is 0.122. The van der Waals surface area contributed by atoms with Gasteiger partial charge in [-0.15, -0.1) is 0 Å². The van der Waals surface area contributed by atoms with Crippen LogP contribution in [0.1, 0.15) is 20.3 Å². The third-order valence-corrected chi connectivity index (χ3v) is 2.91. The fourth-order valence-electron chi connectivity index (χ4n) is 1.06. The van der Waals surface area contributed by atoms with Gasteiger partial charge in [-0.1, -0.05) is 0 Å². The standard InChI is InChI=1S/C10H20N2O2S/c1-8(2)12-9(5-11)3-4-15-7-10(14)6-13/h8-10,12-14H,3-4,6-7H2,1-2H3. The van der Waals surface area contributed by atoms with Gasteiger partial charge in [-0.05, 0) is 26.0 Å². The van der Waals surface area contributed by atoms with Gasteiger partial charge in [0.05, 0.1) is 24.8 Å². The van der Waals surface area contributed by atoms with Gasteiger partial charge in [-0.25, -0.2) is 0 Å². The lowest BCUT2D eigenvalue weighted by atomic mass is 10.2. The molecule has 0 aliphatic carbocycles. The van der Waals surface area contributed by atoms with Crippen LogP contribution >= 0.6 is 11.8 Å². The van der Waals surface area contributed by atoms with E-state index in [9.17, 15) is 0 Å². The van der Waals surface area contributed by atoms with E-state index >= 15 is 0 Å². The highest BCUT2D eigenvalue weighted by Crippen LogP contribution is 2.07. The van der Waals surface area contributed by atoms with Gasteiger partial charge in [0, 0.05) is 11.8 Å². The van der Waals surface area contributed by atoms with Crippen LogP contribution in [-0.4, -0.2) is 46.5 Å². The van der Waals surface area contributed by atoms with E-state index in [-0.39, 0.29) is 12.6 Å². The van der Waals surface area contributed by atoms with Crippen LogP contribution in [0.4, 0.5) is 0 Å².